The molecule has 0 bridgehead atoms. The van der Waals surface area contributed by atoms with Gasteiger partial charge in [-0.05, 0) is 31.2 Å². The summed E-state index contributed by atoms with van der Waals surface area (Å²) in [7, 11) is -4.22. The van der Waals surface area contributed by atoms with Gasteiger partial charge in [-0.25, -0.2) is 17.2 Å². The first-order valence-electron chi connectivity index (χ1n) is 6.61. The van der Waals surface area contributed by atoms with Crippen LogP contribution in [0.3, 0.4) is 0 Å². The van der Waals surface area contributed by atoms with E-state index in [4.69, 9.17) is 0 Å². The van der Waals surface area contributed by atoms with Gasteiger partial charge >= 0.3 is 5.97 Å². The summed E-state index contributed by atoms with van der Waals surface area (Å²) in [4.78, 5) is 25.7. The number of hydrogen-bond acceptors (Lipinski definition) is 4. The van der Waals surface area contributed by atoms with E-state index in [-0.39, 0.29) is 15.8 Å². The van der Waals surface area contributed by atoms with Crippen LogP contribution in [0.15, 0.2) is 52.3 Å². The van der Waals surface area contributed by atoms with Crippen molar-refractivity contribution in [1.29, 1.82) is 0 Å². The lowest BCUT2D eigenvalue weighted by Crippen LogP contribution is -2.22. The number of pyridine rings is 1. The molecule has 23 heavy (non-hydrogen) atoms. The fourth-order valence-corrected chi connectivity index (χ4v) is 3.86. The van der Waals surface area contributed by atoms with Crippen LogP contribution in [0.4, 0.5) is 0 Å². The molecule has 0 saturated heterocycles. The number of fused-ring (bicyclic) bond motifs is 1. The van der Waals surface area contributed by atoms with Crippen LogP contribution in [0, 0.1) is 6.92 Å². The highest BCUT2D eigenvalue weighted by atomic mass is 32.2. The molecule has 8 heteroatoms. The van der Waals surface area contributed by atoms with Crippen molar-refractivity contribution in [3.63, 3.8) is 0 Å². The third kappa shape index (κ3) is 2.33. The minimum Gasteiger partial charge on any atom is -0.477 e. The van der Waals surface area contributed by atoms with Crippen LogP contribution in [-0.2, 0) is 10.0 Å². The van der Waals surface area contributed by atoms with Crippen molar-refractivity contribution in [2.45, 2.75) is 11.8 Å². The average Bonchev–Trinajstić information content (AvgIpc) is 2.89. The van der Waals surface area contributed by atoms with E-state index in [2.05, 4.69) is 4.98 Å². The molecule has 0 aliphatic heterocycles. The number of rotatable bonds is 3. The zero-order valence-electron chi connectivity index (χ0n) is 12.0. The van der Waals surface area contributed by atoms with Crippen LogP contribution in [-0.4, -0.2) is 28.5 Å². The van der Waals surface area contributed by atoms with Crippen LogP contribution in [0.1, 0.15) is 16.1 Å². The van der Waals surface area contributed by atoms with Gasteiger partial charge in [-0.15, -0.1) is 0 Å². The fraction of sp³-hybridized carbons (Fsp3) is 0.0667. The summed E-state index contributed by atoms with van der Waals surface area (Å²) in [5.41, 5.74) is -0.522. The number of nitrogens with zero attached hydrogens (tertiary/aromatic N) is 1. The normalized spacial score (nSPS) is 11.7. The second-order valence-corrected chi connectivity index (χ2v) is 6.81. The number of aryl methyl sites for hydroxylation is 1. The first kappa shape index (κ1) is 15.0. The van der Waals surface area contributed by atoms with Crippen molar-refractivity contribution < 1.29 is 18.3 Å². The molecular formula is C15H12N2O5S. The van der Waals surface area contributed by atoms with Crippen molar-refractivity contribution in [2.24, 2.45) is 0 Å². The van der Waals surface area contributed by atoms with Crippen LogP contribution in [0.2, 0.25) is 0 Å². The minimum absolute atomic E-state index is 0.0913. The Labute approximate surface area is 130 Å². The van der Waals surface area contributed by atoms with Crippen molar-refractivity contribution in [1.82, 2.24) is 8.96 Å². The maximum atomic E-state index is 12.8. The third-order valence-electron chi connectivity index (χ3n) is 3.46. The van der Waals surface area contributed by atoms with E-state index >= 15 is 0 Å². The maximum absolute atomic E-state index is 12.8. The number of H-pyrrole nitrogens is 1. The van der Waals surface area contributed by atoms with Crippen LogP contribution in [0.5, 0.6) is 0 Å². The van der Waals surface area contributed by atoms with Gasteiger partial charge in [0.25, 0.3) is 15.6 Å². The van der Waals surface area contributed by atoms with Crippen LogP contribution >= 0.6 is 0 Å². The third-order valence-corrected chi connectivity index (χ3v) is 5.19. The summed E-state index contributed by atoms with van der Waals surface area (Å²) in [5.74, 6) is -1.43. The molecule has 0 atom stereocenters. The first-order chi connectivity index (χ1) is 10.8. The monoisotopic (exact) mass is 332 g/mol. The smallest absolute Gasteiger partial charge is 0.353 e. The molecule has 2 aromatic heterocycles. The Bertz CT molecular complexity index is 1080. The van der Waals surface area contributed by atoms with Gasteiger partial charge in [-0.1, -0.05) is 17.7 Å². The summed E-state index contributed by atoms with van der Waals surface area (Å²) in [6.45, 7) is 1.80. The molecule has 0 spiro atoms. The lowest BCUT2D eigenvalue weighted by molar-refractivity contribution is 0.0689. The lowest BCUT2D eigenvalue weighted by Gasteiger charge is -2.09. The quantitative estimate of drug-likeness (QED) is 0.756. The molecular weight excluding hydrogens is 320 g/mol. The first-order valence-corrected chi connectivity index (χ1v) is 8.05. The zero-order chi connectivity index (χ0) is 16.8. The number of aromatic nitrogens is 2. The SMILES string of the molecule is Cc1ccc(S(=O)(=O)n2c(C(=O)O)cc3cc[nH]c(=O)c32)cc1. The summed E-state index contributed by atoms with van der Waals surface area (Å²) in [6.07, 6.45) is 1.33. The van der Waals surface area contributed by atoms with Gasteiger partial charge in [0.15, 0.2) is 0 Å². The van der Waals surface area contributed by atoms with Crippen LogP contribution in [0.25, 0.3) is 10.9 Å². The van der Waals surface area contributed by atoms with Gasteiger partial charge in [0, 0.05) is 11.6 Å². The number of benzene rings is 1. The molecule has 118 valence electrons. The Morgan fingerprint density at radius 3 is 2.43 bits per heavy atom. The number of carbonyl (C=O) groups is 1. The highest BCUT2D eigenvalue weighted by Gasteiger charge is 2.27. The van der Waals surface area contributed by atoms with E-state index in [1.807, 2.05) is 0 Å². The lowest BCUT2D eigenvalue weighted by atomic mass is 10.2. The second kappa shape index (κ2) is 5.10. The Kier molecular flexibility index (Phi) is 3.33. The summed E-state index contributed by atoms with van der Waals surface area (Å²) in [6, 6.07) is 8.56. The van der Waals surface area contributed by atoms with Crippen molar-refractivity contribution in [3.8, 4) is 0 Å². The molecule has 0 aliphatic carbocycles. The molecule has 0 aliphatic rings. The molecule has 1 aromatic carbocycles. The number of nitrogens with one attached hydrogen (secondary N) is 1. The van der Waals surface area contributed by atoms with Gasteiger partial charge in [0.2, 0.25) is 0 Å². The molecule has 0 saturated carbocycles. The number of aromatic carboxylic acids is 1. The summed E-state index contributed by atoms with van der Waals surface area (Å²) >= 11 is 0. The van der Waals surface area contributed by atoms with Crippen LogP contribution < -0.4 is 5.56 Å². The Hall–Kier alpha value is -2.87. The van der Waals surface area contributed by atoms with Gasteiger partial charge < -0.3 is 10.1 Å². The Morgan fingerprint density at radius 1 is 1.17 bits per heavy atom. The summed E-state index contributed by atoms with van der Waals surface area (Å²) < 4.78 is 26.3. The van der Waals surface area contributed by atoms with Gasteiger partial charge in [0.1, 0.15) is 11.2 Å². The largest absolute Gasteiger partial charge is 0.477 e. The predicted octanol–water partition coefficient (Wildman–Crippen LogP) is 1.57. The van der Waals surface area contributed by atoms with Crippen molar-refractivity contribution >= 4 is 26.9 Å². The minimum atomic E-state index is -4.22. The molecule has 0 radical (unpaired) electrons. The number of hydrogen-bond donors (Lipinski definition) is 2. The van der Waals surface area contributed by atoms with Gasteiger partial charge in [-0.3, -0.25) is 4.79 Å². The standard InChI is InChI=1S/C15H12N2O5S/c1-9-2-4-11(5-3-9)23(21,22)17-12(15(19)20)8-10-6-7-16-14(18)13(10)17/h2-8H,1H3,(H,16,18)(H,19,20). The predicted molar refractivity (Wildman–Crippen MR) is 83.3 cm³/mol. The van der Waals surface area contributed by atoms with Crippen molar-refractivity contribution in [2.75, 3.05) is 0 Å². The van der Waals surface area contributed by atoms with E-state index < -0.39 is 27.2 Å². The summed E-state index contributed by atoms with van der Waals surface area (Å²) in [5, 5.41) is 9.55. The molecule has 2 heterocycles. The molecule has 0 unspecified atom stereocenters. The fourth-order valence-electron chi connectivity index (χ4n) is 2.35. The number of aromatic amines is 1. The topological polar surface area (TPSA) is 109 Å². The van der Waals surface area contributed by atoms with E-state index in [1.54, 1.807) is 19.1 Å². The molecule has 7 nitrogen and oxygen atoms in total. The molecule has 2 N–H and O–H groups in total. The van der Waals surface area contributed by atoms with Gasteiger partial charge in [-0.2, -0.15) is 0 Å². The Morgan fingerprint density at radius 2 is 1.83 bits per heavy atom. The van der Waals surface area contributed by atoms with E-state index in [0.717, 1.165) is 5.56 Å². The zero-order valence-corrected chi connectivity index (χ0v) is 12.8. The Balaban J connectivity index is 2.43. The molecule has 3 aromatic rings. The highest BCUT2D eigenvalue weighted by Crippen LogP contribution is 2.23. The highest BCUT2D eigenvalue weighted by molar-refractivity contribution is 7.90. The molecule has 0 amide bonds. The van der Waals surface area contributed by atoms with Gasteiger partial charge in [0.05, 0.1) is 4.90 Å². The van der Waals surface area contributed by atoms with E-state index in [9.17, 15) is 23.1 Å². The molecule has 0 fully saturated rings. The van der Waals surface area contributed by atoms with Crippen molar-refractivity contribution in [3.05, 3.63) is 64.2 Å². The van der Waals surface area contributed by atoms with E-state index in [1.165, 1.54) is 30.5 Å². The number of carboxylic acid groups (broad SMARTS) is 1. The average molecular weight is 332 g/mol. The second-order valence-electron chi connectivity index (χ2n) is 5.03. The maximum Gasteiger partial charge on any atom is 0.353 e. The molecule has 3 rings (SSSR count). The van der Waals surface area contributed by atoms with E-state index in [0.29, 0.717) is 3.97 Å². The number of carboxylic acids is 1.